The minimum Gasteiger partial charge on any atom is -0.353 e. The molecule has 1 aliphatic rings. The number of likely N-dealkylation sites (N-methyl/N-ethyl adjacent to an activating group) is 1. The smallest absolute Gasteiger partial charge is 0.242 e. The van der Waals surface area contributed by atoms with Gasteiger partial charge in [0.15, 0.2) is 0 Å². The molecule has 1 unspecified atom stereocenters. The fourth-order valence-electron chi connectivity index (χ4n) is 3.42. The first-order valence-corrected chi connectivity index (χ1v) is 11.3. The Morgan fingerprint density at radius 2 is 1.80 bits per heavy atom. The van der Waals surface area contributed by atoms with Crippen molar-refractivity contribution in [3.8, 4) is 0 Å². The molecule has 30 heavy (non-hydrogen) atoms. The SMILES string of the molecule is CNCCNC(=O)C(Cc1ccc(Br)cc1)NC(=O)C1(c2ccc(Cl)cc2Cl)CC1. The Morgan fingerprint density at radius 1 is 1.10 bits per heavy atom. The molecule has 3 N–H and O–H groups in total. The minimum absolute atomic E-state index is 0.183. The van der Waals surface area contributed by atoms with E-state index in [1.807, 2.05) is 31.3 Å². The van der Waals surface area contributed by atoms with Crippen LogP contribution < -0.4 is 16.0 Å². The van der Waals surface area contributed by atoms with Crippen LogP contribution in [0.1, 0.15) is 24.0 Å². The van der Waals surface area contributed by atoms with Crippen molar-refractivity contribution < 1.29 is 9.59 Å². The summed E-state index contributed by atoms with van der Waals surface area (Å²) in [5.41, 5.74) is 1.01. The van der Waals surface area contributed by atoms with E-state index in [1.54, 1.807) is 18.2 Å². The zero-order chi connectivity index (χ0) is 21.7. The highest BCUT2D eigenvalue weighted by Gasteiger charge is 2.53. The van der Waals surface area contributed by atoms with Crippen molar-refractivity contribution in [3.63, 3.8) is 0 Å². The lowest BCUT2D eigenvalue weighted by atomic mass is 9.94. The van der Waals surface area contributed by atoms with E-state index in [2.05, 4.69) is 31.9 Å². The van der Waals surface area contributed by atoms with Crippen LogP contribution in [0, 0.1) is 0 Å². The Hall–Kier alpha value is -1.60. The van der Waals surface area contributed by atoms with Gasteiger partial charge in [-0.15, -0.1) is 0 Å². The minimum atomic E-state index is -0.703. The Balaban J connectivity index is 1.78. The summed E-state index contributed by atoms with van der Waals surface area (Å²) in [5.74, 6) is -0.392. The second kappa shape index (κ2) is 10.1. The highest BCUT2D eigenvalue weighted by molar-refractivity contribution is 9.10. The van der Waals surface area contributed by atoms with E-state index in [4.69, 9.17) is 23.2 Å². The lowest BCUT2D eigenvalue weighted by Gasteiger charge is -2.23. The zero-order valence-electron chi connectivity index (χ0n) is 16.6. The maximum Gasteiger partial charge on any atom is 0.242 e. The lowest BCUT2D eigenvalue weighted by molar-refractivity contribution is -0.130. The van der Waals surface area contributed by atoms with Gasteiger partial charge in [0, 0.05) is 34.0 Å². The summed E-state index contributed by atoms with van der Waals surface area (Å²) in [5, 5.41) is 9.85. The topological polar surface area (TPSA) is 70.2 Å². The van der Waals surface area contributed by atoms with Gasteiger partial charge in [-0.3, -0.25) is 9.59 Å². The molecule has 2 aromatic carbocycles. The van der Waals surface area contributed by atoms with Crippen LogP contribution in [-0.2, 0) is 21.4 Å². The number of nitrogens with one attached hydrogen (secondary N) is 3. The predicted octanol–water partition coefficient (Wildman–Crippen LogP) is 3.85. The van der Waals surface area contributed by atoms with Crippen LogP contribution in [0.5, 0.6) is 0 Å². The van der Waals surface area contributed by atoms with Gasteiger partial charge >= 0.3 is 0 Å². The molecule has 2 aromatic rings. The summed E-state index contributed by atoms with van der Waals surface area (Å²) < 4.78 is 0.958. The average Bonchev–Trinajstić information content (AvgIpc) is 3.51. The van der Waals surface area contributed by atoms with Gasteiger partial charge in [-0.1, -0.05) is 57.3 Å². The summed E-state index contributed by atoms with van der Waals surface area (Å²) in [6.07, 6.45) is 1.77. The van der Waals surface area contributed by atoms with E-state index < -0.39 is 11.5 Å². The fraction of sp³-hybridized carbons (Fsp3) is 0.364. The number of halogens is 3. The maximum atomic E-state index is 13.3. The second-order valence-corrected chi connectivity index (χ2v) is 9.22. The van der Waals surface area contributed by atoms with Crippen LogP contribution in [0.25, 0.3) is 0 Å². The molecule has 0 bridgehead atoms. The van der Waals surface area contributed by atoms with Gasteiger partial charge in [0.2, 0.25) is 11.8 Å². The van der Waals surface area contributed by atoms with Crippen LogP contribution in [0.2, 0.25) is 10.0 Å². The molecule has 0 spiro atoms. The van der Waals surface area contributed by atoms with Gasteiger partial charge in [-0.2, -0.15) is 0 Å². The molecule has 5 nitrogen and oxygen atoms in total. The monoisotopic (exact) mass is 511 g/mol. The number of hydrogen-bond donors (Lipinski definition) is 3. The third kappa shape index (κ3) is 5.55. The molecule has 1 aliphatic carbocycles. The molecule has 2 amide bonds. The fourth-order valence-corrected chi connectivity index (χ4v) is 4.27. The number of carbonyl (C=O) groups is 2. The van der Waals surface area contributed by atoms with Gasteiger partial charge < -0.3 is 16.0 Å². The van der Waals surface area contributed by atoms with E-state index in [0.29, 0.717) is 42.4 Å². The van der Waals surface area contributed by atoms with Crippen molar-refractivity contribution in [3.05, 3.63) is 68.1 Å². The number of benzene rings is 2. The molecule has 1 fully saturated rings. The molecular weight excluding hydrogens is 489 g/mol. The number of amides is 2. The number of carbonyl (C=O) groups excluding carboxylic acids is 2. The maximum absolute atomic E-state index is 13.3. The number of hydrogen-bond acceptors (Lipinski definition) is 3. The first-order valence-electron chi connectivity index (χ1n) is 9.79. The Morgan fingerprint density at radius 3 is 2.40 bits per heavy atom. The molecule has 0 saturated heterocycles. The zero-order valence-corrected chi connectivity index (χ0v) is 19.7. The number of rotatable bonds is 9. The van der Waals surface area contributed by atoms with Crippen molar-refractivity contribution in [2.24, 2.45) is 0 Å². The highest BCUT2D eigenvalue weighted by Crippen LogP contribution is 2.51. The summed E-state index contributed by atoms with van der Waals surface area (Å²) >= 11 is 15.8. The predicted molar refractivity (Wildman–Crippen MR) is 124 cm³/mol. The third-order valence-electron chi connectivity index (χ3n) is 5.28. The van der Waals surface area contributed by atoms with Gasteiger partial charge in [-0.25, -0.2) is 0 Å². The van der Waals surface area contributed by atoms with E-state index in [9.17, 15) is 9.59 Å². The molecule has 1 atom stereocenters. The van der Waals surface area contributed by atoms with Gasteiger partial charge in [0.1, 0.15) is 6.04 Å². The van der Waals surface area contributed by atoms with Crippen molar-refractivity contribution in [2.45, 2.75) is 30.7 Å². The summed E-state index contributed by atoms with van der Waals surface area (Å²) in [4.78, 5) is 26.1. The highest BCUT2D eigenvalue weighted by atomic mass is 79.9. The van der Waals surface area contributed by atoms with Crippen LogP contribution in [0.15, 0.2) is 46.9 Å². The summed E-state index contributed by atoms with van der Waals surface area (Å²) in [6, 6.07) is 12.2. The van der Waals surface area contributed by atoms with Gasteiger partial charge in [-0.05, 0) is 55.3 Å². The first-order chi connectivity index (χ1) is 14.4. The Kier molecular flexibility index (Phi) is 7.80. The normalized spacial score (nSPS) is 15.3. The van der Waals surface area contributed by atoms with Crippen LogP contribution in [0.3, 0.4) is 0 Å². The van der Waals surface area contributed by atoms with Crippen LogP contribution in [0.4, 0.5) is 0 Å². The van der Waals surface area contributed by atoms with Crippen LogP contribution in [-0.4, -0.2) is 38.0 Å². The molecule has 0 aromatic heterocycles. The Labute approximate surface area is 195 Å². The Bertz CT molecular complexity index is 917. The second-order valence-electron chi connectivity index (χ2n) is 7.46. The van der Waals surface area contributed by atoms with Crippen molar-refractivity contribution in [2.75, 3.05) is 20.1 Å². The molecule has 8 heteroatoms. The van der Waals surface area contributed by atoms with E-state index in [0.717, 1.165) is 15.6 Å². The first kappa shape index (κ1) is 23.1. The van der Waals surface area contributed by atoms with E-state index >= 15 is 0 Å². The lowest BCUT2D eigenvalue weighted by Crippen LogP contribution is -2.51. The summed E-state index contributed by atoms with van der Waals surface area (Å²) in [6.45, 7) is 1.13. The van der Waals surface area contributed by atoms with E-state index in [-0.39, 0.29) is 11.8 Å². The molecule has 0 heterocycles. The van der Waals surface area contributed by atoms with Crippen LogP contribution >= 0.6 is 39.1 Å². The standard InChI is InChI=1S/C22H24BrCl2N3O2/c1-26-10-11-27-20(29)19(12-14-2-4-15(23)5-3-14)28-21(30)22(8-9-22)17-7-6-16(24)13-18(17)25/h2-7,13,19,26H,8-12H2,1H3,(H,27,29)(H,28,30). The van der Waals surface area contributed by atoms with Crippen molar-refractivity contribution >= 4 is 50.9 Å². The average molecular weight is 513 g/mol. The molecule has 3 rings (SSSR count). The summed E-state index contributed by atoms with van der Waals surface area (Å²) in [7, 11) is 1.82. The third-order valence-corrected chi connectivity index (χ3v) is 6.36. The molecular formula is C22H24BrCl2N3O2. The molecule has 0 aliphatic heterocycles. The van der Waals surface area contributed by atoms with Gasteiger partial charge in [0.05, 0.1) is 5.41 Å². The van der Waals surface area contributed by atoms with Gasteiger partial charge in [0.25, 0.3) is 0 Å². The van der Waals surface area contributed by atoms with Crippen molar-refractivity contribution in [1.82, 2.24) is 16.0 Å². The molecule has 1 saturated carbocycles. The largest absolute Gasteiger partial charge is 0.353 e. The van der Waals surface area contributed by atoms with E-state index in [1.165, 1.54) is 0 Å². The molecule has 0 radical (unpaired) electrons. The quantitative estimate of drug-likeness (QED) is 0.447. The van der Waals surface area contributed by atoms with Crippen molar-refractivity contribution in [1.29, 1.82) is 0 Å². The molecule has 160 valence electrons.